The maximum Gasteiger partial charge on any atom is 0.194 e. The maximum atomic E-state index is 8.89. The molecule has 1 heterocycles. The molecule has 142 valence electrons. The number of hydrogen-bond donors (Lipinski definition) is 1. The molecule has 0 bridgehead atoms. The maximum absolute atomic E-state index is 8.89. The molecule has 0 saturated carbocycles. The molecule has 27 heavy (non-hydrogen) atoms. The van der Waals surface area contributed by atoms with Gasteiger partial charge in [0, 0.05) is 20.1 Å². The molecular formula is C21H25IN4O. The average Bonchev–Trinajstić information content (AvgIpc) is 2.69. The van der Waals surface area contributed by atoms with Crippen molar-refractivity contribution in [3.8, 4) is 6.07 Å². The summed E-state index contributed by atoms with van der Waals surface area (Å²) >= 11 is 0. The van der Waals surface area contributed by atoms with Crippen molar-refractivity contribution in [1.82, 2.24) is 10.2 Å². The molecule has 1 fully saturated rings. The molecule has 0 radical (unpaired) electrons. The van der Waals surface area contributed by atoms with Crippen LogP contribution in [0.1, 0.15) is 28.4 Å². The number of aryl methyl sites for hydroxylation is 1. The van der Waals surface area contributed by atoms with Gasteiger partial charge in [-0.3, -0.25) is 4.99 Å². The summed E-state index contributed by atoms with van der Waals surface area (Å²) in [4.78, 5) is 6.67. The Kier molecular flexibility index (Phi) is 8.07. The van der Waals surface area contributed by atoms with Crippen LogP contribution >= 0.6 is 24.0 Å². The Balaban J connectivity index is 0.00000261. The fraction of sp³-hybridized carbons (Fsp3) is 0.333. The van der Waals surface area contributed by atoms with Crippen molar-refractivity contribution in [2.75, 3.05) is 26.7 Å². The predicted molar refractivity (Wildman–Crippen MR) is 118 cm³/mol. The van der Waals surface area contributed by atoms with Gasteiger partial charge in [-0.1, -0.05) is 36.4 Å². The minimum absolute atomic E-state index is 0. The van der Waals surface area contributed by atoms with E-state index in [9.17, 15) is 0 Å². The van der Waals surface area contributed by atoms with Crippen LogP contribution in [0.5, 0.6) is 0 Å². The third-order valence-electron chi connectivity index (χ3n) is 4.65. The number of aliphatic imine (C=N–C) groups is 1. The van der Waals surface area contributed by atoms with Gasteiger partial charge in [0.15, 0.2) is 5.96 Å². The monoisotopic (exact) mass is 476 g/mol. The van der Waals surface area contributed by atoms with Crippen LogP contribution in [0.15, 0.2) is 53.5 Å². The summed E-state index contributed by atoms with van der Waals surface area (Å²) in [5.41, 5.74) is 4.28. The van der Waals surface area contributed by atoms with Crippen LogP contribution < -0.4 is 5.32 Å². The third-order valence-corrected chi connectivity index (χ3v) is 4.65. The van der Waals surface area contributed by atoms with E-state index in [1.54, 1.807) is 7.05 Å². The average molecular weight is 476 g/mol. The van der Waals surface area contributed by atoms with Crippen LogP contribution in [-0.4, -0.2) is 37.6 Å². The number of rotatable bonds is 3. The number of nitriles is 1. The number of nitrogens with zero attached hydrogens (tertiary/aromatic N) is 3. The Morgan fingerprint density at radius 3 is 2.67 bits per heavy atom. The van der Waals surface area contributed by atoms with Gasteiger partial charge in [-0.15, -0.1) is 24.0 Å². The van der Waals surface area contributed by atoms with Crippen molar-refractivity contribution < 1.29 is 4.74 Å². The van der Waals surface area contributed by atoms with Crippen LogP contribution in [-0.2, 0) is 11.3 Å². The molecule has 1 N–H and O–H groups in total. The molecule has 2 aromatic rings. The lowest BCUT2D eigenvalue weighted by Crippen LogP contribution is -2.48. The first kappa shape index (κ1) is 21.2. The number of hydrogen-bond acceptors (Lipinski definition) is 3. The molecular weight excluding hydrogens is 451 g/mol. The minimum Gasteiger partial charge on any atom is -0.370 e. The van der Waals surface area contributed by atoms with E-state index in [2.05, 4.69) is 52.5 Å². The van der Waals surface area contributed by atoms with E-state index >= 15 is 0 Å². The van der Waals surface area contributed by atoms with Gasteiger partial charge in [0.1, 0.15) is 6.10 Å². The quantitative estimate of drug-likeness (QED) is 0.418. The van der Waals surface area contributed by atoms with Gasteiger partial charge in [0.05, 0.1) is 24.8 Å². The summed E-state index contributed by atoms with van der Waals surface area (Å²) in [5.74, 6) is 0.872. The molecule has 3 rings (SSSR count). The number of morpholine rings is 1. The zero-order valence-corrected chi connectivity index (χ0v) is 18.0. The number of ether oxygens (including phenoxy) is 1. The van der Waals surface area contributed by atoms with E-state index in [-0.39, 0.29) is 30.1 Å². The highest BCUT2D eigenvalue weighted by molar-refractivity contribution is 14.0. The van der Waals surface area contributed by atoms with Crippen LogP contribution in [0.3, 0.4) is 0 Å². The van der Waals surface area contributed by atoms with E-state index in [1.807, 2.05) is 24.3 Å². The van der Waals surface area contributed by atoms with Crippen molar-refractivity contribution in [1.29, 1.82) is 5.26 Å². The number of nitrogens with one attached hydrogen (secondary N) is 1. The van der Waals surface area contributed by atoms with Gasteiger partial charge >= 0.3 is 0 Å². The number of halogens is 1. The standard InChI is InChI=1S/C21H24N4O.HI/c1-16-5-3-4-6-19(16)20-15-25(11-12-26-20)21(23-2)24-14-18-9-7-17(13-22)8-10-18;/h3-10,20H,11-12,14-15H2,1-2H3,(H,23,24);1H. The van der Waals surface area contributed by atoms with Crippen LogP contribution in [0.4, 0.5) is 0 Å². The molecule has 0 spiro atoms. The second kappa shape index (κ2) is 10.3. The summed E-state index contributed by atoms with van der Waals surface area (Å²) < 4.78 is 6.00. The van der Waals surface area contributed by atoms with Crippen molar-refractivity contribution in [2.45, 2.75) is 19.6 Å². The molecule has 2 aromatic carbocycles. The van der Waals surface area contributed by atoms with Gasteiger partial charge in [-0.2, -0.15) is 5.26 Å². The molecule has 5 nitrogen and oxygen atoms in total. The Bertz CT molecular complexity index is 814. The topological polar surface area (TPSA) is 60.7 Å². The molecule has 0 aliphatic carbocycles. The second-order valence-electron chi connectivity index (χ2n) is 6.37. The highest BCUT2D eigenvalue weighted by Gasteiger charge is 2.25. The summed E-state index contributed by atoms with van der Waals surface area (Å²) in [7, 11) is 1.80. The second-order valence-corrected chi connectivity index (χ2v) is 6.37. The van der Waals surface area contributed by atoms with Crippen LogP contribution in [0.2, 0.25) is 0 Å². The minimum atomic E-state index is 0. The van der Waals surface area contributed by atoms with Crippen LogP contribution in [0, 0.1) is 18.3 Å². The molecule has 0 aromatic heterocycles. The molecule has 1 aliphatic heterocycles. The molecule has 1 aliphatic rings. The molecule has 1 unspecified atom stereocenters. The molecule has 0 amide bonds. The van der Waals surface area contributed by atoms with E-state index in [4.69, 9.17) is 10.00 Å². The zero-order valence-electron chi connectivity index (χ0n) is 15.7. The lowest BCUT2D eigenvalue weighted by molar-refractivity contribution is -0.00833. The fourth-order valence-corrected chi connectivity index (χ4v) is 3.19. The lowest BCUT2D eigenvalue weighted by Gasteiger charge is -2.35. The largest absolute Gasteiger partial charge is 0.370 e. The van der Waals surface area contributed by atoms with E-state index in [0.717, 1.165) is 24.6 Å². The molecule has 1 saturated heterocycles. The van der Waals surface area contributed by atoms with Crippen molar-refractivity contribution >= 4 is 29.9 Å². The van der Waals surface area contributed by atoms with Gasteiger partial charge < -0.3 is 15.0 Å². The van der Waals surface area contributed by atoms with Gasteiger partial charge in [0.2, 0.25) is 0 Å². The number of guanidine groups is 1. The van der Waals surface area contributed by atoms with E-state index < -0.39 is 0 Å². The summed E-state index contributed by atoms with van der Waals surface area (Å²) in [6.45, 7) is 5.06. The highest BCUT2D eigenvalue weighted by Crippen LogP contribution is 2.25. The van der Waals surface area contributed by atoms with E-state index in [0.29, 0.717) is 18.7 Å². The van der Waals surface area contributed by atoms with E-state index in [1.165, 1.54) is 11.1 Å². The van der Waals surface area contributed by atoms with Crippen molar-refractivity contribution in [2.24, 2.45) is 4.99 Å². The van der Waals surface area contributed by atoms with Gasteiger partial charge in [0.25, 0.3) is 0 Å². The molecule has 1 atom stereocenters. The lowest BCUT2D eigenvalue weighted by atomic mass is 10.0. The first-order chi connectivity index (χ1) is 12.7. The first-order valence-electron chi connectivity index (χ1n) is 8.83. The SMILES string of the molecule is CN=C(NCc1ccc(C#N)cc1)N1CCOC(c2ccccc2C)C1.I. The zero-order chi connectivity index (χ0) is 18.4. The molecule has 6 heteroatoms. The fourth-order valence-electron chi connectivity index (χ4n) is 3.19. The smallest absolute Gasteiger partial charge is 0.194 e. The number of benzene rings is 2. The summed E-state index contributed by atoms with van der Waals surface area (Å²) in [5, 5.41) is 12.3. The summed E-state index contributed by atoms with van der Waals surface area (Å²) in [6.07, 6.45) is 0.0541. The summed E-state index contributed by atoms with van der Waals surface area (Å²) in [6, 6.07) is 18.1. The van der Waals surface area contributed by atoms with Crippen LogP contribution in [0.25, 0.3) is 0 Å². The Morgan fingerprint density at radius 2 is 2.00 bits per heavy atom. The predicted octanol–water partition coefficient (Wildman–Crippen LogP) is 3.63. The Labute approximate surface area is 178 Å². The van der Waals surface area contributed by atoms with Gasteiger partial charge in [-0.25, -0.2) is 0 Å². The highest BCUT2D eigenvalue weighted by atomic mass is 127. The normalized spacial score (nSPS) is 17.0. The first-order valence-corrected chi connectivity index (χ1v) is 8.83. The van der Waals surface area contributed by atoms with Crippen molar-refractivity contribution in [3.63, 3.8) is 0 Å². The van der Waals surface area contributed by atoms with Crippen molar-refractivity contribution in [3.05, 3.63) is 70.8 Å². The Hall–Kier alpha value is -2.11. The third kappa shape index (κ3) is 5.44. The van der Waals surface area contributed by atoms with Gasteiger partial charge in [-0.05, 0) is 35.7 Å². The Morgan fingerprint density at radius 1 is 1.26 bits per heavy atom.